The zero-order valence-electron chi connectivity index (χ0n) is 14.6. The van der Waals surface area contributed by atoms with Crippen molar-refractivity contribution in [2.75, 3.05) is 44.7 Å². The third kappa shape index (κ3) is 3.99. The Hall–Kier alpha value is -1.13. The molecule has 2 aliphatic heterocycles. The molecule has 2 aliphatic rings. The van der Waals surface area contributed by atoms with Crippen molar-refractivity contribution >= 4 is 5.69 Å². The Morgan fingerprint density at radius 2 is 2.05 bits per heavy atom. The van der Waals surface area contributed by atoms with Gasteiger partial charge in [0, 0.05) is 31.9 Å². The highest BCUT2D eigenvalue weighted by molar-refractivity contribution is 5.45. The summed E-state index contributed by atoms with van der Waals surface area (Å²) in [5.41, 5.74) is 2.42. The monoisotopic (exact) mass is 305 g/mol. The van der Waals surface area contributed by atoms with Crippen molar-refractivity contribution in [2.24, 2.45) is 0 Å². The highest BCUT2D eigenvalue weighted by Crippen LogP contribution is 2.31. The number of aromatic nitrogens is 1. The molecule has 4 nitrogen and oxygen atoms in total. The van der Waals surface area contributed by atoms with Gasteiger partial charge in [-0.15, -0.1) is 0 Å². The van der Waals surface area contributed by atoms with Crippen LogP contribution < -0.4 is 4.90 Å². The van der Waals surface area contributed by atoms with Crippen LogP contribution in [0.15, 0.2) is 18.3 Å². The average molecular weight is 305 g/mol. The van der Waals surface area contributed by atoms with Gasteiger partial charge in [-0.05, 0) is 38.4 Å². The second-order valence-electron chi connectivity index (χ2n) is 6.16. The molecule has 0 aromatic carbocycles. The first kappa shape index (κ1) is 17.2. The minimum absolute atomic E-state index is 0.0225. The molecule has 1 aromatic heterocycles. The molecule has 1 atom stereocenters. The fourth-order valence-electron chi connectivity index (χ4n) is 3.41. The SMILES string of the molecule is CC.CCc1ccc(N2CCC[C@@]3(CN(C)CCO3)C2)cn1. The number of pyridine rings is 1. The Morgan fingerprint density at radius 1 is 1.23 bits per heavy atom. The van der Waals surface area contributed by atoms with Crippen LogP contribution in [0.2, 0.25) is 0 Å². The zero-order valence-corrected chi connectivity index (χ0v) is 14.6. The summed E-state index contributed by atoms with van der Waals surface area (Å²) in [5, 5.41) is 0. The quantitative estimate of drug-likeness (QED) is 0.840. The number of likely N-dealkylation sites (N-methyl/N-ethyl adjacent to an activating group) is 1. The van der Waals surface area contributed by atoms with E-state index < -0.39 is 0 Å². The van der Waals surface area contributed by atoms with Crippen LogP contribution in [0, 0.1) is 0 Å². The summed E-state index contributed by atoms with van der Waals surface area (Å²) in [6.07, 6.45) is 5.39. The smallest absolute Gasteiger partial charge is 0.0983 e. The molecule has 1 spiro atoms. The van der Waals surface area contributed by atoms with E-state index >= 15 is 0 Å². The fraction of sp³-hybridized carbons (Fsp3) is 0.722. The number of ether oxygens (including phenoxy) is 1. The van der Waals surface area contributed by atoms with Crippen molar-refractivity contribution in [1.82, 2.24) is 9.88 Å². The van der Waals surface area contributed by atoms with Crippen LogP contribution in [0.5, 0.6) is 0 Å². The summed E-state index contributed by atoms with van der Waals surface area (Å²) in [5.74, 6) is 0. The van der Waals surface area contributed by atoms with Crippen molar-refractivity contribution in [3.63, 3.8) is 0 Å². The summed E-state index contributed by atoms with van der Waals surface area (Å²) in [6, 6.07) is 4.35. The Balaban J connectivity index is 0.000000847. The van der Waals surface area contributed by atoms with Crippen molar-refractivity contribution in [2.45, 2.75) is 45.6 Å². The standard InChI is InChI=1S/C16H25N3O.C2H6/c1-3-14-5-6-15(11-17-14)19-8-4-7-16(13-19)12-18(2)9-10-20-16;1-2/h5-6,11H,3-4,7-10,12-13H2,1-2H3;1-2H3/t16-;/m1./s1. The largest absolute Gasteiger partial charge is 0.370 e. The molecule has 3 heterocycles. The molecule has 0 radical (unpaired) electrons. The Kier molecular flexibility index (Phi) is 6.21. The lowest BCUT2D eigenvalue weighted by molar-refractivity contribution is -0.108. The van der Waals surface area contributed by atoms with Gasteiger partial charge in [0.25, 0.3) is 0 Å². The second kappa shape index (κ2) is 7.93. The number of anilines is 1. The molecule has 0 bridgehead atoms. The zero-order chi connectivity index (χ0) is 16.0. The number of piperidine rings is 1. The van der Waals surface area contributed by atoms with Crippen molar-refractivity contribution in [3.05, 3.63) is 24.0 Å². The first-order valence-electron chi connectivity index (χ1n) is 8.73. The lowest BCUT2D eigenvalue weighted by atomic mass is 9.90. The number of nitrogens with zero attached hydrogens (tertiary/aromatic N) is 3. The Labute approximate surface area is 135 Å². The number of morpholine rings is 1. The van der Waals surface area contributed by atoms with Gasteiger partial charge in [0.2, 0.25) is 0 Å². The molecule has 22 heavy (non-hydrogen) atoms. The van der Waals surface area contributed by atoms with Gasteiger partial charge >= 0.3 is 0 Å². The first-order valence-corrected chi connectivity index (χ1v) is 8.73. The topological polar surface area (TPSA) is 28.6 Å². The van der Waals surface area contributed by atoms with Crippen LogP contribution in [-0.2, 0) is 11.2 Å². The predicted molar refractivity (Wildman–Crippen MR) is 92.6 cm³/mol. The van der Waals surface area contributed by atoms with Gasteiger partial charge in [-0.2, -0.15) is 0 Å². The maximum Gasteiger partial charge on any atom is 0.0983 e. The van der Waals surface area contributed by atoms with Crippen LogP contribution in [0.1, 0.15) is 39.3 Å². The van der Waals surface area contributed by atoms with Gasteiger partial charge in [-0.3, -0.25) is 4.98 Å². The van der Waals surface area contributed by atoms with E-state index in [1.165, 1.54) is 18.5 Å². The maximum atomic E-state index is 6.17. The molecular formula is C18H31N3O. The van der Waals surface area contributed by atoms with Gasteiger partial charge in [-0.25, -0.2) is 0 Å². The number of rotatable bonds is 2. The third-order valence-electron chi connectivity index (χ3n) is 4.52. The molecule has 4 heteroatoms. The van der Waals surface area contributed by atoms with Crippen LogP contribution in [0.25, 0.3) is 0 Å². The van der Waals surface area contributed by atoms with E-state index in [1.54, 1.807) is 0 Å². The van der Waals surface area contributed by atoms with Crippen LogP contribution in [-0.4, -0.2) is 55.3 Å². The van der Waals surface area contributed by atoms with E-state index in [9.17, 15) is 0 Å². The van der Waals surface area contributed by atoms with E-state index in [0.29, 0.717) is 0 Å². The lowest BCUT2D eigenvalue weighted by Crippen LogP contribution is -2.59. The molecular weight excluding hydrogens is 274 g/mol. The molecule has 2 saturated heterocycles. The molecule has 124 valence electrons. The maximum absolute atomic E-state index is 6.17. The molecule has 2 fully saturated rings. The normalized spacial score (nSPS) is 25.7. The van der Waals surface area contributed by atoms with Crippen molar-refractivity contribution in [1.29, 1.82) is 0 Å². The van der Waals surface area contributed by atoms with E-state index in [2.05, 4.69) is 40.9 Å². The van der Waals surface area contributed by atoms with Gasteiger partial charge in [0.05, 0.1) is 24.1 Å². The lowest BCUT2D eigenvalue weighted by Gasteiger charge is -2.47. The summed E-state index contributed by atoms with van der Waals surface area (Å²) < 4.78 is 6.17. The van der Waals surface area contributed by atoms with Crippen LogP contribution >= 0.6 is 0 Å². The Bertz CT molecular complexity index is 444. The van der Waals surface area contributed by atoms with Crippen LogP contribution in [0.4, 0.5) is 5.69 Å². The summed E-state index contributed by atoms with van der Waals surface area (Å²) in [7, 11) is 2.20. The molecule has 1 aromatic rings. The molecule has 0 saturated carbocycles. The number of hydrogen-bond donors (Lipinski definition) is 0. The van der Waals surface area contributed by atoms with Crippen molar-refractivity contribution in [3.8, 4) is 0 Å². The second-order valence-corrected chi connectivity index (χ2v) is 6.16. The molecule has 0 N–H and O–H groups in total. The average Bonchev–Trinajstić information content (AvgIpc) is 2.57. The summed E-state index contributed by atoms with van der Waals surface area (Å²) in [4.78, 5) is 9.36. The molecule has 0 unspecified atom stereocenters. The third-order valence-corrected chi connectivity index (χ3v) is 4.52. The minimum atomic E-state index is 0.0225. The fourth-order valence-corrected chi connectivity index (χ4v) is 3.41. The summed E-state index contributed by atoms with van der Waals surface area (Å²) in [6.45, 7) is 11.2. The van der Waals surface area contributed by atoms with E-state index in [1.807, 2.05) is 20.0 Å². The van der Waals surface area contributed by atoms with Crippen molar-refractivity contribution < 1.29 is 4.74 Å². The van der Waals surface area contributed by atoms with Gasteiger partial charge in [0.15, 0.2) is 0 Å². The predicted octanol–water partition coefficient (Wildman–Crippen LogP) is 2.97. The van der Waals surface area contributed by atoms with Gasteiger partial charge in [0.1, 0.15) is 0 Å². The highest BCUT2D eigenvalue weighted by atomic mass is 16.5. The van der Waals surface area contributed by atoms with E-state index in [0.717, 1.165) is 44.9 Å². The molecule has 0 aliphatic carbocycles. The van der Waals surface area contributed by atoms with Gasteiger partial charge < -0.3 is 14.5 Å². The number of hydrogen-bond acceptors (Lipinski definition) is 4. The van der Waals surface area contributed by atoms with Crippen LogP contribution in [0.3, 0.4) is 0 Å². The number of aryl methyl sites for hydroxylation is 1. The van der Waals surface area contributed by atoms with E-state index in [-0.39, 0.29) is 5.60 Å². The highest BCUT2D eigenvalue weighted by Gasteiger charge is 2.39. The van der Waals surface area contributed by atoms with E-state index in [4.69, 9.17) is 4.74 Å². The summed E-state index contributed by atoms with van der Waals surface area (Å²) >= 11 is 0. The Morgan fingerprint density at radius 3 is 2.68 bits per heavy atom. The molecule has 0 amide bonds. The molecule has 3 rings (SSSR count). The minimum Gasteiger partial charge on any atom is -0.370 e. The van der Waals surface area contributed by atoms with Gasteiger partial charge in [-0.1, -0.05) is 20.8 Å². The first-order chi connectivity index (χ1) is 10.7.